The highest BCUT2D eigenvalue weighted by Gasteiger charge is 2.21. The number of nitrogens with one attached hydrogen (secondary N) is 1. The van der Waals surface area contributed by atoms with E-state index >= 15 is 0 Å². The van der Waals surface area contributed by atoms with E-state index in [1.165, 1.54) is 0 Å². The van der Waals surface area contributed by atoms with Gasteiger partial charge in [-0.05, 0) is 62.5 Å². The van der Waals surface area contributed by atoms with Gasteiger partial charge in [-0.25, -0.2) is 0 Å². The van der Waals surface area contributed by atoms with Gasteiger partial charge in [0.1, 0.15) is 11.5 Å². The van der Waals surface area contributed by atoms with Crippen LogP contribution in [0, 0.1) is 5.92 Å². The van der Waals surface area contributed by atoms with E-state index in [1.54, 1.807) is 7.11 Å². The molecule has 2 rings (SSSR count). The average molecular weight is 334 g/mol. The molecule has 1 aromatic rings. The van der Waals surface area contributed by atoms with Gasteiger partial charge in [0, 0.05) is 19.5 Å². The molecule has 0 spiro atoms. The Hall–Kier alpha value is -1.75. The third-order valence-electron chi connectivity index (χ3n) is 4.51. The number of methoxy groups -OCH3 is 1. The first-order valence-electron chi connectivity index (χ1n) is 8.98. The number of rotatable bonds is 9. The monoisotopic (exact) mass is 334 g/mol. The van der Waals surface area contributed by atoms with Crippen LogP contribution >= 0.6 is 0 Å². The van der Waals surface area contributed by atoms with Crippen LogP contribution in [0.25, 0.3) is 0 Å². The number of likely N-dealkylation sites (tertiary alicyclic amines) is 1. The smallest absolute Gasteiger partial charge is 0.222 e. The molecular formula is C19H30N2O3. The van der Waals surface area contributed by atoms with Crippen molar-refractivity contribution in [1.29, 1.82) is 0 Å². The number of carbonyl (C=O) groups excluding carboxylic acids is 1. The van der Waals surface area contributed by atoms with Crippen LogP contribution in [-0.2, 0) is 4.79 Å². The standard InChI is InChI=1S/C19H30N2O3/c1-3-20-15-16-10-12-21(13-11-16)19(22)5-4-14-24-18-8-6-17(23-2)7-9-18/h6-9,16,20H,3-5,10-15H2,1-2H3. The van der Waals surface area contributed by atoms with Gasteiger partial charge in [-0.2, -0.15) is 0 Å². The zero-order valence-electron chi connectivity index (χ0n) is 14.9. The SMILES string of the molecule is CCNCC1CCN(C(=O)CCCOc2ccc(OC)cc2)CC1. The van der Waals surface area contributed by atoms with Crippen molar-refractivity contribution < 1.29 is 14.3 Å². The molecule has 134 valence electrons. The lowest BCUT2D eigenvalue weighted by atomic mass is 9.96. The number of piperidine rings is 1. The molecule has 0 unspecified atom stereocenters. The second-order valence-electron chi connectivity index (χ2n) is 6.26. The van der Waals surface area contributed by atoms with Gasteiger partial charge in [0.05, 0.1) is 13.7 Å². The molecule has 24 heavy (non-hydrogen) atoms. The third kappa shape index (κ3) is 6.04. The number of hydrogen-bond acceptors (Lipinski definition) is 4. The van der Waals surface area contributed by atoms with Crippen LogP contribution in [0.5, 0.6) is 11.5 Å². The largest absolute Gasteiger partial charge is 0.497 e. The Balaban J connectivity index is 1.59. The molecule has 1 fully saturated rings. The number of nitrogens with zero attached hydrogens (tertiary/aromatic N) is 1. The molecule has 0 radical (unpaired) electrons. The van der Waals surface area contributed by atoms with Gasteiger partial charge in [0.25, 0.3) is 0 Å². The van der Waals surface area contributed by atoms with Crippen molar-refractivity contribution in [2.24, 2.45) is 5.92 Å². The quantitative estimate of drug-likeness (QED) is 0.706. The van der Waals surface area contributed by atoms with E-state index in [4.69, 9.17) is 9.47 Å². The summed E-state index contributed by atoms with van der Waals surface area (Å²) >= 11 is 0. The zero-order valence-corrected chi connectivity index (χ0v) is 14.9. The van der Waals surface area contributed by atoms with Crippen LogP contribution in [0.4, 0.5) is 0 Å². The van der Waals surface area contributed by atoms with Crippen molar-refractivity contribution in [3.8, 4) is 11.5 Å². The van der Waals surface area contributed by atoms with Gasteiger partial charge in [-0.15, -0.1) is 0 Å². The molecule has 5 nitrogen and oxygen atoms in total. The predicted molar refractivity (Wildman–Crippen MR) is 95.6 cm³/mol. The van der Waals surface area contributed by atoms with Crippen LogP contribution in [0.3, 0.4) is 0 Å². The highest BCUT2D eigenvalue weighted by atomic mass is 16.5. The molecule has 0 bridgehead atoms. The van der Waals surface area contributed by atoms with Crippen LogP contribution in [0.1, 0.15) is 32.6 Å². The summed E-state index contributed by atoms with van der Waals surface area (Å²) in [5, 5.41) is 3.40. The van der Waals surface area contributed by atoms with E-state index in [1.807, 2.05) is 29.2 Å². The van der Waals surface area contributed by atoms with E-state index in [0.717, 1.165) is 56.9 Å². The fourth-order valence-electron chi connectivity index (χ4n) is 2.98. The van der Waals surface area contributed by atoms with Gasteiger partial charge in [0.15, 0.2) is 0 Å². The first-order valence-corrected chi connectivity index (χ1v) is 8.98. The van der Waals surface area contributed by atoms with Gasteiger partial charge >= 0.3 is 0 Å². The fourth-order valence-corrected chi connectivity index (χ4v) is 2.98. The van der Waals surface area contributed by atoms with Crippen LogP contribution in [-0.4, -0.2) is 50.7 Å². The van der Waals surface area contributed by atoms with Crippen molar-refractivity contribution in [1.82, 2.24) is 10.2 Å². The maximum Gasteiger partial charge on any atom is 0.222 e. The number of carbonyl (C=O) groups is 1. The first-order chi connectivity index (χ1) is 11.7. The lowest BCUT2D eigenvalue weighted by Crippen LogP contribution is -2.40. The average Bonchev–Trinajstić information content (AvgIpc) is 2.64. The summed E-state index contributed by atoms with van der Waals surface area (Å²) in [5.41, 5.74) is 0. The summed E-state index contributed by atoms with van der Waals surface area (Å²) in [6.45, 7) is 6.59. The lowest BCUT2D eigenvalue weighted by molar-refractivity contribution is -0.132. The van der Waals surface area contributed by atoms with E-state index in [0.29, 0.717) is 18.9 Å². The van der Waals surface area contributed by atoms with E-state index in [-0.39, 0.29) is 5.91 Å². The Kier molecular flexibility index (Phi) is 7.89. The van der Waals surface area contributed by atoms with Crippen LogP contribution in [0.15, 0.2) is 24.3 Å². The zero-order chi connectivity index (χ0) is 17.2. The van der Waals surface area contributed by atoms with E-state index in [9.17, 15) is 4.79 Å². The Morgan fingerprint density at radius 1 is 1.21 bits per heavy atom. The minimum atomic E-state index is 0.259. The van der Waals surface area contributed by atoms with Crippen LogP contribution < -0.4 is 14.8 Å². The van der Waals surface area contributed by atoms with E-state index < -0.39 is 0 Å². The summed E-state index contributed by atoms with van der Waals surface area (Å²) < 4.78 is 10.8. The molecule has 1 N–H and O–H groups in total. The normalized spacial score (nSPS) is 15.3. The number of amides is 1. The summed E-state index contributed by atoms with van der Waals surface area (Å²) in [5.74, 6) is 2.60. The van der Waals surface area contributed by atoms with Gasteiger partial charge in [-0.3, -0.25) is 4.79 Å². The molecule has 1 amide bonds. The summed E-state index contributed by atoms with van der Waals surface area (Å²) in [7, 11) is 1.64. The maximum absolute atomic E-state index is 12.3. The predicted octanol–water partition coefficient (Wildman–Crippen LogP) is 2.70. The van der Waals surface area contributed by atoms with Crippen molar-refractivity contribution in [2.75, 3.05) is 39.9 Å². The second kappa shape index (κ2) is 10.2. The van der Waals surface area contributed by atoms with Crippen molar-refractivity contribution in [3.63, 3.8) is 0 Å². The second-order valence-corrected chi connectivity index (χ2v) is 6.26. The molecular weight excluding hydrogens is 304 g/mol. The molecule has 0 atom stereocenters. The van der Waals surface area contributed by atoms with Gasteiger partial charge in [0.2, 0.25) is 5.91 Å². The first kappa shape index (κ1) is 18.6. The molecule has 0 aromatic heterocycles. The molecule has 1 aliphatic rings. The number of ether oxygens (including phenoxy) is 2. The van der Waals surface area contributed by atoms with Crippen molar-refractivity contribution >= 4 is 5.91 Å². The summed E-state index contributed by atoms with van der Waals surface area (Å²) in [6, 6.07) is 7.52. The summed E-state index contributed by atoms with van der Waals surface area (Å²) in [4.78, 5) is 14.3. The number of benzene rings is 1. The van der Waals surface area contributed by atoms with Crippen LogP contribution in [0.2, 0.25) is 0 Å². The summed E-state index contributed by atoms with van der Waals surface area (Å²) in [6.07, 6.45) is 3.54. The Bertz CT molecular complexity index is 482. The highest BCUT2D eigenvalue weighted by molar-refractivity contribution is 5.76. The molecule has 1 aliphatic heterocycles. The Labute approximate surface area is 145 Å². The van der Waals surface area contributed by atoms with Crippen molar-refractivity contribution in [3.05, 3.63) is 24.3 Å². The molecule has 5 heteroatoms. The molecule has 0 saturated carbocycles. The highest BCUT2D eigenvalue weighted by Crippen LogP contribution is 2.19. The molecule has 1 aromatic carbocycles. The van der Waals surface area contributed by atoms with Gasteiger partial charge in [-0.1, -0.05) is 6.92 Å². The molecule has 1 heterocycles. The minimum absolute atomic E-state index is 0.259. The topological polar surface area (TPSA) is 50.8 Å². The molecule has 1 saturated heterocycles. The number of hydrogen-bond donors (Lipinski definition) is 1. The van der Waals surface area contributed by atoms with Gasteiger partial charge < -0.3 is 19.7 Å². The van der Waals surface area contributed by atoms with Crippen molar-refractivity contribution in [2.45, 2.75) is 32.6 Å². The third-order valence-corrected chi connectivity index (χ3v) is 4.51. The fraction of sp³-hybridized carbons (Fsp3) is 0.632. The Morgan fingerprint density at radius 2 is 1.88 bits per heavy atom. The Morgan fingerprint density at radius 3 is 2.50 bits per heavy atom. The maximum atomic E-state index is 12.3. The molecule has 0 aliphatic carbocycles. The van der Waals surface area contributed by atoms with E-state index in [2.05, 4.69) is 12.2 Å². The minimum Gasteiger partial charge on any atom is -0.497 e. The lowest BCUT2D eigenvalue weighted by Gasteiger charge is -2.32.